The van der Waals surface area contributed by atoms with Crippen molar-refractivity contribution in [2.45, 2.75) is 19.8 Å². The topological polar surface area (TPSA) is 62.7 Å². The zero-order chi connectivity index (χ0) is 19.0. The third-order valence-corrected chi connectivity index (χ3v) is 6.35. The smallest absolute Gasteiger partial charge is 0.157 e. The number of rotatable bonds is 3. The maximum Gasteiger partial charge on any atom is 0.157 e. The van der Waals surface area contributed by atoms with Crippen LogP contribution in [0.2, 0.25) is 10.0 Å². The number of aryl methyl sites for hydroxylation is 2. The van der Waals surface area contributed by atoms with E-state index in [9.17, 15) is 0 Å². The van der Waals surface area contributed by atoms with Crippen LogP contribution < -0.4 is 5.73 Å². The monoisotopic (exact) mass is 499 g/mol. The Bertz CT molecular complexity index is 1080. The fraction of sp³-hybridized carbons (Fsp3) is 0.158. The summed E-state index contributed by atoms with van der Waals surface area (Å²) in [7, 11) is 0. The van der Waals surface area contributed by atoms with Gasteiger partial charge in [0, 0.05) is 22.9 Å². The molecule has 0 unspecified atom stereocenters. The summed E-state index contributed by atoms with van der Waals surface area (Å²) in [5.41, 5.74) is 8.96. The van der Waals surface area contributed by atoms with Crippen molar-refractivity contribution in [1.82, 2.24) is 4.98 Å². The van der Waals surface area contributed by atoms with Gasteiger partial charge in [0.05, 0.1) is 31.1 Å². The van der Waals surface area contributed by atoms with Crippen molar-refractivity contribution in [1.29, 1.82) is 5.26 Å². The normalized spacial score (nSPS) is 10.9. The second-order valence-corrected chi connectivity index (χ2v) is 7.67. The molecule has 0 fully saturated rings. The Hall–Kier alpha value is -1.62. The van der Waals surface area contributed by atoms with Crippen LogP contribution in [0.3, 0.4) is 0 Å². The molecule has 0 atom stereocenters. The molecule has 7 heteroatoms. The van der Waals surface area contributed by atoms with Gasteiger partial charge in [0.1, 0.15) is 5.52 Å². The zero-order valence-corrected chi connectivity index (χ0v) is 17.4. The van der Waals surface area contributed by atoms with Crippen LogP contribution in [0, 0.1) is 27.6 Å². The standard InChI is InChI=1S/C19H13Cl2FIN3/c1-9-17(23)18(25)12-8-10(4-3-7-24)14(16(22)19(12)26-9)11-5-2-6-13(20)15(11)21/h2,5-6,8H,3-4H2,1H3,(H2,25,26). The average molecular weight is 500 g/mol. The van der Waals surface area contributed by atoms with E-state index in [-0.39, 0.29) is 17.0 Å². The minimum atomic E-state index is -0.509. The van der Waals surface area contributed by atoms with E-state index in [1.54, 1.807) is 31.2 Å². The van der Waals surface area contributed by atoms with E-state index in [2.05, 4.69) is 33.6 Å². The Labute approximate surface area is 174 Å². The van der Waals surface area contributed by atoms with Crippen LogP contribution in [0.1, 0.15) is 17.7 Å². The SMILES string of the molecule is Cc1nc2c(F)c(-c3cccc(Cl)c3Cl)c(CCC#N)cc2c(N)c1I. The van der Waals surface area contributed by atoms with Crippen molar-refractivity contribution in [2.75, 3.05) is 5.73 Å². The molecule has 3 nitrogen and oxygen atoms in total. The number of hydrogen-bond acceptors (Lipinski definition) is 3. The van der Waals surface area contributed by atoms with Gasteiger partial charge >= 0.3 is 0 Å². The first-order valence-corrected chi connectivity index (χ1v) is 9.58. The summed E-state index contributed by atoms with van der Waals surface area (Å²) >= 11 is 14.6. The molecule has 0 aliphatic carbocycles. The van der Waals surface area contributed by atoms with E-state index in [1.165, 1.54) is 0 Å². The fourth-order valence-electron chi connectivity index (χ4n) is 2.91. The van der Waals surface area contributed by atoms with E-state index >= 15 is 4.39 Å². The second kappa shape index (κ2) is 7.55. The van der Waals surface area contributed by atoms with Crippen molar-refractivity contribution in [3.8, 4) is 17.2 Å². The minimum absolute atomic E-state index is 0.187. The highest BCUT2D eigenvalue weighted by molar-refractivity contribution is 14.1. The first-order chi connectivity index (χ1) is 12.4. The van der Waals surface area contributed by atoms with Crippen molar-refractivity contribution in [2.24, 2.45) is 0 Å². The fourth-order valence-corrected chi connectivity index (χ4v) is 3.72. The highest BCUT2D eigenvalue weighted by Gasteiger charge is 2.21. The third kappa shape index (κ3) is 3.22. The van der Waals surface area contributed by atoms with Gasteiger partial charge < -0.3 is 5.73 Å². The first-order valence-electron chi connectivity index (χ1n) is 7.74. The third-order valence-electron chi connectivity index (χ3n) is 4.17. The number of fused-ring (bicyclic) bond motifs is 1. The largest absolute Gasteiger partial charge is 0.397 e. The molecule has 0 aliphatic heterocycles. The molecule has 0 saturated heterocycles. The number of halogens is 4. The van der Waals surface area contributed by atoms with Crippen molar-refractivity contribution >= 4 is 62.4 Å². The summed E-state index contributed by atoms with van der Waals surface area (Å²) < 4.78 is 16.3. The second-order valence-electron chi connectivity index (χ2n) is 5.81. The van der Waals surface area contributed by atoms with Gasteiger partial charge in [-0.15, -0.1) is 0 Å². The summed E-state index contributed by atoms with van der Waals surface area (Å²) in [5.74, 6) is -0.509. The quantitative estimate of drug-likeness (QED) is 0.430. The average Bonchev–Trinajstić information content (AvgIpc) is 2.62. The van der Waals surface area contributed by atoms with E-state index < -0.39 is 5.82 Å². The summed E-state index contributed by atoms with van der Waals surface area (Å²) in [5, 5.41) is 10.1. The van der Waals surface area contributed by atoms with Gasteiger partial charge in [-0.1, -0.05) is 35.3 Å². The van der Waals surface area contributed by atoms with Crippen LogP contribution >= 0.6 is 45.8 Å². The van der Waals surface area contributed by atoms with Gasteiger partial charge in [-0.25, -0.2) is 9.37 Å². The molecule has 0 spiro atoms. The van der Waals surface area contributed by atoms with E-state index in [1.807, 2.05) is 0 Å². The van der Waals surface area contributed by atoms with Crippen LogP contribution in [0.15, 0.2) is 24.3 Å². The predicted octanol–water partition coefficient (Wildman–Crippen LogP) is 6.30. The molecule has 0 aliphatic rings. The molecule has 1 heterocycles. The lowest BCUT2D eigenvalue weighted by molar-refractivity contribution is 0.638. The Morgan fingerprint density at radius 3 is 2.77 bits per heavy atom. The summed E-state index contributed by atoms with van der Waals surface area (Å²) in [6, 6.07) is 8.95. The van der Waals surface area contributed by atoms with Crippen LogP contribution in [0.4, 0.5) is 10.1 Å². The maximum atomic E-state index is 15.5. The summed E-state index contributed by atoms with van der Waals surface area (Å²) in [6.45, 7) is 1.78. The van der Waals surface area contributed by atoms with Crippen LogP contribution in [-0.4, -0.2) is 4.98 Å². The molecule has 3 rings (SSSR count). The van der Waals surface area contributed by atoms with Crippen molar-refractivity contribution in [3.05, 3.63) is 55.0 Å². The Balaban J connectivity index is 2.44. The minimum Gasteiger partial charge on any atom is -0.397 e. The zero-order valence-electron chi connectivity index (χ0n) is 13.7. The molecule has 0 saturated carbocycles. The molecule has 1 aromatic heterocycles. The molecule has 132 valence electrons. The lowest BCUT2D eigenvalue weighted by Gasteiger charge is -2.16. The summed E-state index contributed by atoms with van der Waals surface area (Å²) in [4.78, 5) is 4.39. The number of nitriles is 1. The Kier molecular flexibility index (Phi) is 5.56. The number of hydrogen-bond donors (Lipinski definition) is 1. The van der Waals surface area contributed by atoms with Crippen LogP contribution in [0.25, 0.3) is 22.0 Å². The van der Waals surface area contributed by atoms with Gasteiger partial charge in [0.25, 0.3) is 0 Å². The number of nitrogen functional groups attached to an aromatic ring is 1. The van der Waals surface area contributed by atoms with Crippen LogP contribution in [-0.2, 0) is 6.42 Å². The number of pyridine rings is 1. The van der Waals surface area contributed by atoms with Gasteiger partial charge in [-0.2, -0.15) is 5.26 Å². The predicted molar refractivity (Wildman–Crippen MR) is 113 cm³/mol. The van der Waals surface area contributed by atoms with Gasteiger partial charge in [-0.05, 0) is 53.6 Å². The number of benzene rings is 2. The van der Waals surface area contributed by atoms with Crippen molar-refractivity contribution < 1.29 is 4.39 Å². The lowest BCUT2D eigenvalue weighted by atomic mass is 9.93. The molecule has 0 radical (unpaired) electrons. The number of aromatic nitrogens is 1. The van der Waals surface area contributed by atoms with E-state index in [0.29, 0.717) is 44.9 Å². The Morgan fingerprint density at radius 1 is 1.35 bits per heavy atom. The molecule has 0 bridgehead atoms. The molecular weight excluding hydrogens is 487 g/mol. The first kappa shape index (κ1) is 19.2. The molecule has 0 amide bonds. The number of anilines is 1. The lowest BCUT2D eigenvalue weighted by Crippen LogP contribution is -2.03. The van der Waals surface area contributed by atoms with Gasteiger partial charge in [0.15, 0.2) is 5.82 Å². The van der Waals surface area contributed by atoms with E-state index in [0.717, 1.165) is 3.57 Å². The van der Waals surface area contributed by atoms with Crippen molar-refractivity contribution in [3.63, 3.8) is 0 Å². The number of nitrogens with zero attached hydrogens (tertiary/aromatic N) is 2. The van der Waals surface area contributed by atoms with Gasteiger partial charge in [0.2, 0.25) is 0 Å². The molecular formula is C19H13Cl2FIN3. The molecule has 3 aromatic rings. The maximum absolute atomic E-state index is 15.5. The number of nitrogens with two attached hydrogens (primary N) is 1. The molecule has 2 aromatic carbocycles. The molecule has 2 N–H and O–H groups in total. The highest BCUT2D eigenvalue weighted by atomic mass is 127. The van der Waals surface area contributed by atoms with Crippen LogP contribution in [0.5, 0.6) is 0 Å². The Morgan fingerprint density at radius 2 is 2.08 bits per heavy atom. The molecule has 26 heavy (non-hydrogen) atoms. The van der Waals surface area contributed by atoms with E-state index in [4.69, 9.17) is 34.2 Å². The summed E-state index contributed by atoms with van der Waals surface area (Å²) in [6.07, 6.45) is 0.609. The highest BCUT2D eigenvalue weighted by Crippen LogP contribution is 2.41. The van der Waals surface area contributed by atoms with Gasteiger partial charge in [-0.3, -0.25) is 0 Å².